The Hall–Kier alpha value is -0.570. The lowest BCUT2D eigenvalue weighted by Crippen LogP contribution is -2.75. The quantitative estimate of drug-likeness (QED) is 0.784. The Bertz CT molecular complexity index is 376. The number of carbonyl (C=O) groups is 1. The smallest absolute Gasteiger partial charge is 0.237 e. The largest absolute Gasteiger partial charge is 0.332 e. The molecule has 106 valence electrons. The highest BCUT2D eigenvalue weighted by Gasteiger charge is 2.61. The Balaban J connectivity index is 1.76. The minimum Gasteiger partial charge on any atom is -0.332 e. The van der Waals surface area contributed by atoms with E-state index in [4.69, 9.17) is 0 Å². The van der Waals surface area contributed by atoms with Crippen LogP contribution in [0.15, 0.2) is 0 Å². The van der Waals surface area contributed by atoms with E-state index in [1.807, 2.05) is 0 Å². The van der Waals surface area contributed by atoms with E-state index >= 15 is 0 Å². The summed E-state index contributed by atoms with van der Waals surface area (Å²) in [6.07, 6.45) is 7.00. The van der Waals surface area contributed by atoms with E-state index in [1.54, 1.807) is 0 Å². The summed E-state index contributed by atoms with van der Waals surface area (Å²) in [4.78, 5) is 14.8. The second-order valence-electron chi connectivity index (χ2n) is 7.76. The van der Waals surface area contributed by atoms with Crippen LogP contribution >= 0.6 is 0 Å². The number of hydrogen-bond acceptors (Lipinski definition) is 2. The maximum absolute atomic E-state index is 12.5. The van der Waals surface area contributed by atoms with E-state index in [9.17, 15) is 4.79 Å². The van der Waals surface area contributed by atoms with Gasteiger partial charge in [-0.3, -0.25) is 4.79 Å². The van der Waals surface area contributed by atoms with Gasteiger partial charge in [0.15, 0.2) is 0 Å². The van der Waals surface area contributed by atoms with Crippen LogP contribution in [-0.2, 0) is 4.79 Å². The fourth-order valence-corrected chi connectivity index (χ4v) is 6.22. The van der Waals surface area contributed by atoms with Gasteiger partial charge in [-0.15, -0.1) is 0 Å². The van der Waals surface area contributed by atoms with Crippen molar-refractivity contribution in [2.24, 2.45) is 23.7 Å². The van der Waals surface area contributed by atoms with E-state index in [1.165, 1.54) is 32.1 Å². The molecule has 1 N–H and O–H groups in total. The highest BCUT2D eigenvalue weighted by molar-refractivity contribution is 5.80. The van der Waals surface area contributed by atoms with E-state index in [-0.39, 0.29) is 5.54 Å². The molecule has 5 rings (SSSR count). The zero-order chi connectivity index (χ0) is 13.2. The number of hydrogen-bond donors (Lipinski definition) is 1. The van der Waals surface area contributed by atoms with Gasteiger partial charge in [0.2, 0.25) is 5.91 Å². The molecular weight excluding hydrogens is 236 g/mol. The van der Waals surface area contributed by atoms with Crippen LogP contribution in [0.1, 0.15) is 46.0 Å². The second-order valence-corrected chi connectivity index (χ2v) is 7.76. The van der Waals surface area contributed by atoms with Crippen molar-refractivity contribution in [2.45, 2.75) is 57.5 Å². The molecule has 1 amide bonds. The van der Waals surface area contributed by atoms with Crippen LogP contribution < -0.4 is 5.32 Å². The molecule has 4 saturated carbocycles. The van der Waals surface area contributed by atoms with Crippen LogP contribution in [0.5, 0.6) is 0 Å². The van der Waals surface area contributed by atoms with Gasteiger partial charge in [0, 0.05) is 12.6 Å². The van der Waals surface area contributed by atoms with Crippen molar-refractivity contribution in [2.75, 3.05) is 13.1 Å². The van der Waals surface area contributed by atoms with Gasteiger partial charge in [-0.2, -0.15) is 0 Å². The van der Waals surface area contributed by atoms with Crippen LogP contribution in [-0.4, -0.2) is 35.5 Å². The van der Waals surface area contributed by atoms with Crippen molar-refractivity contribution in [3.8, 4) is 0 Å². The van der Waals surface area contributed by atoms with E-state index in [0.29, 0.717) is 18.5 Å². The van der Waals surface area contributed by atoms with Crippen LogP contribution in [0.2, 0.25) is 0 Å². The van der Waals surface area contributed by atoms with Gasteiger partial charge in [-0.25, -0.2) is 0 Å². The van der Waals surface area contributed by atoms with Crippen molar-refractivity contribution in [1.29, 1.82) is 0 Å². The molecule has 0 atom stereocenters. The molecular formula is C16H26N2O. The summed E-state index contributed by atoms with van der Waals surface area (Å²) >= 11 is 0. The van der Waals surface area contributed by atoms with Gasteiger partial charge >= 0.3 is 0 Å². The minimum absolute atomic E-state index is 0.164. The zero-order valence-corrected chi connectivity index (χ0v) is 12.2. The number of carbonyl (C=O) groups excluding carboxylic acids is 1. The fourth-order valence-electron chi connectivity index (χ4n) is 6.22. The number of nitrogens with one attached hydrogen (secondary N) is 1. The summed E-state index contributed by atoms with van der Waals surface area (Å²) < 4.78 is 0. The maximum Gasteiger partial charge on any atom is 0.237 e. The molecule has 5 aliphatic rings. The molecule has 0 aromatic carbocycles. The van der Waals surface area contributed by atoms with Crippen molar-refractivity contribution in [3.63, 3.8) is 0 Å². The van der Waals surface area contributed by atoms with Crippen LogP contribution in [0.3, 0.4) is 0 Å². The van der Waals surface area contributed by atoms with Gasteiger partial charge in [0.1, 0.15) is 0 Å². The number of piperazine rings is 1. The lowest BCUT2D eigenvalue weighted by molar-refractivity contribution is -0.176. The summed E-state index contributed by atoms with van der Waals surface area (Å²) in [5.41, 5.74) is 0.164. The van der Waals surface area contributed by atoms with E-state index < -0.39 is 0 Å². The molecule has 1 saturated heterocycles. The molecule has 0 unspecified atom stereocenters. The first-order chi connectivity index (χ1) is 9.11. The molecule has 0 aromatic heterocycles. The highest BCUT2D eigenvalue weighted by Crippen LogP contribution is 2.60. The fraction of sp³-hybridized carbons (Fsp3) is 0.938. The standard InChI is InChI=1S/C16H26N2O/c1-10(2)18-15(19)8-17-9-16(18)13-4-11-3-12(6-13)7-14(16)5-11/h10-14,17H,3-9H2,1-2H3. The molecule has 0 radical (unpaired) electrons. The third-order valence-corrected chi connectivity index (χ3v) is 6.47. The summed E-state index contributed by atoms with van der Waals surface area (Å²) in [6, 6.07) is 0.354. The van der Waals surface area contributed by atoms with E-state index in [0.717, 1.165) is 30.2 Å². The third-order valence-electron chi connectivity index (χ3n) is 6.47. The predicted octanol–water partition coefficient (Wildman–Crippen LogP) is 2.02. The van der Waals surface area contributed by atoms with Gasteiger partial charge in [0.25, 0.3) is 0 Å². The topological polar surface area (TPSA) is 32.3 Å². The number of amides is 1. The van der Waals surface area contributed by atoms with E-state index in [2.05, 4.69) is 24.1 Å². The summed E-state index contributed by atoms with van der Waals surface area (Å²) in [5, 5.41) is 3.45. The van der Waals surface area contributed by atoms with Crippen molar-refractivity contribution in [1.82, 2.24) is 10.2 Å². The van der Waals surface area contributed by atoms with Crippen molar-refractivity contribution < 1.29 is 4.79 Å². The Morgan fingerprint density at radius 1 is 1.11 bits per heavy atom. The Morgan fingerprint density at radius 2 is 1.68 bits per heavy atom. The molecule has 1 heterocycles. The Labute approximate surface area is 116 Å². The third kappa shape index (κ3) is 1.51. The maximum atomic E-state index is 12.5. The van der Waals surface area contributed by atoms with Crippen LogP contribution in [0, 0.1) is 23.7 Å². The molecule has 1 spiro atoms. The zero-order valence-electron chi connectivity index (χ0n) is 12.2. The van der Waals surface area contributed by atoms with Crippen molar-refractivity contribution >= 4 is 5.91 Å². The number of rotatable bonds is 1. The summed E-state index contributed by atoms with van der Waals surface area (Å²) in [6.45, 7) is 6.00. The molecule has 3 heteroatoms. The Kier molecular flexibility index (Phi) is 2.55. The van der Waals surface area contributed by atoms with Crippen molar-refractivity contribution in [3.05, 3.63) is 0 Å². The summed E-state index contributed by atoms with van der Waals surface area (Å²) in [7, 11) is 0. The van der Waals surface area contributed by atoms with Gasteiger partial charge in [-0.1, -0.05) is 0 Å². The minimum atomic E-state index is 0.164. The molecule has 0 aromatic rings. The monoisotopic (exact) mass is 262 g/mol. The van der Waals surface area contributed by atoms with Gasteiger partial charge in [0.05, 0.1) is 12.1 Å². The molecule has 3 nitrogen and oxygen atoms in total. The average Bonchev–Trinajstić information content (AvgIpc) is 2.34. The normalized spacial score (nSPS) is 48.6. The predicted molar refractivity (Wildman–Crippen MR) is 74.6 cm³/mol. The molecule has 5 fully saturated rings. The lowest BCUT2D eigenvalue weighted by atomic mass is 9.47. The lowest BCUT2D eigenvalue weighted by Gasteiger charge is -2.66. The van der Waals surface area contributed by atoms with Crippen LogP contribution in [0.4, 0.5) is 0 Å². The first-order valence-electron chi connectivity index (χ1n) is 8.14. The van der Waals surface area contributed by atoms with Gasteiger partial charge in [-0.05, 0) is 69.6 Å². The van der Waals surface area contributed by atoms with Gasteiger partial charge < -0.3 is 10.2 Å². The SMILES string of the molecule is CC(C)N1C(=O)CNCC12C1CC3CC(C1)CC2C3. The number of nitrogens with zero attached hydrogens (tertiary/aromatic N) is 1. The molecule has 4 bridgehead atoms. The Morgan fingerprint density at radius 3 is 2.21 bits per heavy atom. The van der Waals surface area contributed by atoms with Crippen LogP contribution in [0.25, 0.3) is 0 Å². The summed E-state index contributed by atoms with van der Waals surface area (Å²) in [5.74, 6) is 3.82. The molecule has 1 aliphatic heterocycles. The first-order valence-corrected chi connectivity index (χ1v) is 8.14. The highest BCUT2D eigenvalue weighted by atomic mass is 16.2. The molecule has 19 heavy (non-hydrogen) atoms. The molecule has 4 aliphatic carbocycles. The first kappa shape index (κ1) is 12.2. The second kappa shape index (κ2) is 3.97. The average molecular weight is 262 g/mol.